The first kappa shape index (κ1) is 15.3. The standard InChI is InChI=1S/C23H13N3O/c24-14-15-1-3-16(4-2-15)17-5-7-18(8-6-17)19-9-10-21-20(13-19)22-23(27-21)26-12-11-25-22/h1-13H. The molecular formula is C23H13N3O. The molecule has 0 aliphatic heterocycles. The highest BCUT2D eigenvalue weighted by atomic mass is 16.3. The van der Waals surface area contributed by atoms with Gasteiger partial charge in [0.15, 0.2) is 0 Å². The van der Waals surface area contributed by atoms with Crippen molar-refractivity contribution in [1.82, 2.24) is 9.97 Å². The van der Waals surface area contributed by atoms with Gasteiger partial charge < -0.3 is 4.42 Å². The minimum Gasteiger partial charge on any atom is -0.436 e. The SMILES string of the molecule is N#Cc1ccc(-c2ccc(-c3ccc4oc5nccnc5c4c3)cc2)cc1. The summed E-state index contributed by atoms with van der Waals surface area (Å²) in [4.78, 5) is 8.62. The topological polar surface area (TPSA) is 62.7 Å². The first-order valence-electron chi connectivity index (χ1n) is 8.56. The number of benzene rings is 3. The number of hydrogen-bond acceptors (Lipinski definition) is 4. The summed E-state index contributed by atoms with van der Waals surface area (Å²) in [5, 5.41) is 9.89. The van der Waals surface area contributed by atoms with E-state index in [0.29, 0.717) is 11.3 Å². The van der Waals surface area contributed by atoms with E-state index in [9.17, 15) is 0 Å². The van der Waals surface area contributed by atoms with Crippen LogP contribution in [-0.2, 0) is 0 Å². The molecule has 0 amide bonds. The van der Waals surface area contributed by atoms with E-state index in [0.717, 1.165) is 38.7 Å². The third-order valence-corrected chi connectivity index (χ3v) is 4.67. The predicted molar refractivity (Wildman–Crippen MR) is 105 cm³/mol. The van der Waals surface area contributed by atoms with Crippen LogP contribution in [0.1, 0.15) is 5.56 Å². The van der Waals surface area contributed by atoms with E-state index in [4.69, 9.17) is 9.68 Å². The Hall–Kier alpha value is -3.97. The molecule has 0 N–H and O–H groups in total. The smallest absolute Gasteiger partial charge is 0.246 e. The van der Waals surface area contributed by atoms with E-state index in [-0.39, 0.29) is 0 Å². The highest BCUT2D eigenvalue weighted by Gasteiger charge is 2.10. The van der Waals surface area contributed by atoms with E-state index in [2.05, 4.69) is 46.4 Å². The Morgan fingerprint density at radius 1 is 0.704 bits per heavy atom. The fourth-order valence-electron chi connectivity index (χ4n) is 3.26. The Morgan fingerprint density at radius 3 is 2.00 bits per heavy atom. The van der Waals surface area contributed by atoms with Crippen LogP contribution in [0.15, 0.2) is 83.5 Å². The van der Waals surface area contributed by atoms with E-state index < -0.39 is 0 Å². The van der Waals surface area contributed by atoms with E-state index in [1.54, 1.807) is 12.4 Å². The van der Waals surface area contributed by atoms with Gasteiger partial charge in [-0.1, -0.05) is 42.5 Å². The molecule has 0 unspecified atom stereocenters. The summed E-state index contributed by atoms with van der Waals surface area (Å²) >= 11 is 0. The van der Waals surface area contributed by atoms with Crippen molar-refractivity contribution >= 4 is 22.2 Å². The maximum Gasteiger partial charge on any atom is 0.246 e. The van der Waals surface area contributed by atoms with Crippen molar-refractivity contribution in [2.45, 2.75) is 0 Å². The lowest BCUT2D eigenvalue weighted by molar-refractivity contribution is 0.653. The lowest BCUT2D eigenvalue weighted by Gasteiger charge is -2.05. The molecule has 0 saturated heterocycles. The van der Waals surface area contributed by atoms with Crippen LogP contribution in [0.5, 0.6) is 0 Å². The summed E-state index contributed by atoms with van der Waals surface area (Å²) in [7, 11) is 0. The van der Waals surface area contributed by atoms with Crippen LogP contribution < -0.4 is 0 Å². The fraction of sp³-hybridized carbons (Fsp3) is 0. The molecule has 5 aromatic rings. The zero-order chi connectivity index (χ0) is 18.2. The Morgan fingerprint density at radius 2 is 1.30 bits per heavy atom. The lowest BCUT2D eigenvalue weighted by Crippen LogP contribution is -1.82. The molecule has 5 rings (SSSR count). The van der Waals surface area contributed by atoms with Gasteiger partial charge in [0.2, 0.25) is 5.71 Å². The van der Waals surface area contributed by atoms with Gasteiger partial charge in [-0.2, -0.15) is 5.26 Å². The summed E-state index contributed by atoms with van der Waals surface area (Å²) in [6, 6.07) is 24.2. The van der Waals surface area contributed by atoms with Crippen molar-refractivity contribution in [3.63, 3.8) is 0 Å². The van der Waals surface area contributed by atoms with Crippen molar-refractivity contribution in [2.24, 2.45) is 0 Å². The van der Waals surface area contributed by atoms with Crippen molar-refractivity contribution in [3.05, 3.63) is 84.7 Å². The predicted octanol–water partition coefficient (Wildman–Crippen LogP) is 5.58. The molecule has 27 heavy (non-hydrogen) atoms. The average Bonchev–Trinajstić information content (AvgIpc) is 3.12. The van der Waals surface area contributed by atoms with Gasteiger partial charge in [-0.25, -0.2) is 9.97 Å². The highest BCUT2D eigenvalue weighted by Crippen LogP contribution is 2.31. The summed E-state index contributed by atoms with van der Waals surface area (Å²) in [6.45, 7) is 0. The molecule has 4 heteroatoms. The van der Waals surface area contributed by atoms with Crippen molar-refractivity contribution in [1.29, 1.82) is 5.26 Å². The third-order valence-electron chi connectivity index (χ3n) is 4.67. The number of nitriles is 1. The molecule has 0 atom stereocenters. The zero-order valence-electron chi connectivity index (χ0n) is 14.3. The van der Waals surface area contributed by atoms with Crippen LogP contribution in [0.25, 0.3) is 44.5 Å². The minimum atomic E-state index is 0.556. The molecule has 0 aliphatic carbocycles. The minimum absolute atomic E-state index is 0.556. The van der Waals surface area contributed by atoms with E-state index in [1.165, 1.54) is 0 Å². The number of fused-ring (bicyclic) bond motifs is 3. The first-order chi connectivity index (χ1) is 13.3. The van der Waals surface area contributed by atoms with Crippen molar-refractivity contribution < 1.29 is 4.42 Å². The van der Waals surface area contributed by atoms with Gasteiger partial charge >= 0.3 is 0 Å². The van der Waals surface area contributed by atoms with Crippen LogP contribution in [-0.4, -0.2) is 9.97 Å². The molecule has 3 aromatic carbocycles. The normalized spacial score (nSPS) is 10.9. The second kappa shape index (κ2) is 6.08. The molecule has 0 aliphatic rings. The van der Waals surface area contributed by atoms with Gasteiger partial charge in [-0.3, -0.25) is 0 Å². The molecule has 0 saturated carbocycles. The second-order valence-corrected chi connectivity index (χ2v) is 6.29. The zero-order valence-corrected chi connectivity index (χ0v) is 14.3. The van der Waals surface area contributed by atoms with Gasteiger partial charge in [-0.05, 0) is 46.5 Å². The summed E-state index contributed by atoms with van der Waals surface area (Å²) in [6.07, 6.45) is 3.31. The first-order valence-corrected chi connectivity index (χ1v) is 8.56. The van der Waals surface area contributed by atoms with Crippen molar-refractivity contribution in [2.75, 3.05) is 0 Å². The average molecular weight is 347 g/mol. The second-order valence-electron chi connectivity index (χ2n) is 6.29. The Kier molecular flexibility index (Phi) is 3.44. The molecule has 0 fully saturated rings. The van der Waals surface area contributed by atoms with Crippen LogP contribution in [0, 0.1) is 11.3 Å². The highest BCUT2D eigenvalue weighted by molar-refractivity contribution is 6.02. The van der Waals surface area contributed by atoms with E-state index >= 15 is 0 Å². The summed E-state index contributed by atoms with van der Waals surface area (Å²) in [5.41, 5.74) is 7.21. The molecule has 4 nitrogen and oxygen atoms in total. The van der Waals surface area contributed by atoms with Crippen LogP contribution in [0.3, 0.4) is 0 Å². The van der Waals surface area contributed by atoms with Crippen molar-refractivity contribution in [3.8, 4) is 28.3 Å². The molecule has 0 spiro atoms. The Balaban J connectivity index is 1.54. The maximum atomic E-state index is 8.92. The van der Waals surface area contributed by atoms with Gasteiger partial charge in [0.05, 0.1) is 11.6 Å². The lowest BCUT2D eigenvalue weighted by atomic mass is 9.99. The van der Waals surface area contributed by atoms with Gasteiger partial charge in [0, 0.05) is 17.8 Å². The van der Waals surface area contributed by atoms with Gasteiger partial charge in [0.25, 0.3) is 0 Å². The molecule has 2 heterocycles. The summed E-state index contributed by atoms with van der Waals surface area (Å²) in [5.74, 6) is 0. The molecular weight excluding hydrogens is 334 g/mol. The summed E-state index contributed by atoms with van der Waals surface area (Å²) < 4.78 is 5.74. The number of aromatic nitrogens is 2. The molecule has 0 bridgehead atoms. The molecule has 2 aromatic heterocycles. The third kappa shape index (κ3) is 2.62. The monoisotopic (exact) mass is 347 g/mol. The van der Waals surface area contributed by atoms with Crippen LogP contribution in [0.2, 0.25) is 0 Å². The maximum absolute atomic E-state index is 8.92. The van der Waals surface area contributed by atoms with Gasteiger partial charge in [0.1, 0.15) is 11.1 Å². The number of furan rings is 1. The molecule has 0 radical (unpaired) electrons. The quantitative estimate of drug-likeness (QED) is 0.418. The van der Waals surface area contributed by atoms with Crippen LogP contribution >= 0.6 is 0 Å². The number of hydrogen-bond donors (Lipinski definition) is 0. The van der Waals surface area contributed by atoms with Gasteiger partial charge in [-0.15, -0.1) is 0 Å². The largest absolute Gasteiger partial charge is 0.436 e. The Bertz CT molecular complexity index is 1310. The van der Waals surface area contributed by atoms with Crippen LogP contribution in [0.4, 0.5) is 0 Å². The number of nitrogens with zero attached hydrogens (tertiary/aromatic N) is 3. The van der Waals surface area contributed by atoms with E-state index in [1.807, 2.05) is 36.4 Å². The Labute approximate surface area is 155 Å². The number of rotatable bonds is 2. The molecule has 126 valence electrons. The fourth-order valence-corrected chi connectivity index (χ4v) is 3.26.